The summed E-state index contributed by atoms with van der Waals surface area (Å²) in [5.41, 5.74) is 1.62. The summed E-state index contributed by atoms with van der Waals surface area (Å²) in [6.07, 6.45) is 1.79. The predicted octanol–water partition coefficient (Wildman–Crippen LogP) is 1.17. The largest absolute Gasteiger partial charge is 0.444 e. The van der Waals surface area contributed by atoms with Crippen LogP contribution in [0.2, 0.25) is 0 Å². The minimum absolute atomic E-state index is 0.0939. The molecule has 0 aromatic carbocycles. The zero-order chi connectivity index (χ0) is 15.5. The van der Waals surface area contributed by atoms with Gasteiger partial charge in [0, 0.05) is 32.2 Å². The molecule has 0 unspecified atom stereocenters. The fourth-order valence-corrected chi connectivity index (χ4v) is 2.55. The van der Waals surface area contributed by atoms with E-state index in [1.165, 1.54) is 6.26 Å². The molecule has 1 aliphatic rings. The van der Waals surface area contributed by atoms with Crippen LogP contribution in [-0.4, -0.2) is 52.0 Å². The average molecular weight is 304 g/mol. The molecule has 1 amide bonds. The Morgan fingerprint density at radius 1 is 1.27 bits per heavy atom. The lowest BCUT2D eigenvalue weighted by molar-refractivity contribution is -0.132. The Labute approximate surface area is 128 Å². The van der Waals surface area contributed by atoms with Crippen molar-refractivity contribution in [2.45, 2.75) is 26.8 Å². The van der Waals surface area contributed by atoms with Crippen LogP contribution < -0.4 is 0 Å². The molecule has 1 saturated heterocycles. The van der Waals surface area contributed by atoms with Gasteiger partial charge < -0.3 is 13.8 Å². The lowest BCUT2D eigenvalue weighted by Gasteiger charge is -2.34. The summed E-state index contributed by atoms with van der Waals surface area (Å²) >= 11 is 0. The Morgan fingerprint density at radius 3 is 2.64 bits per heavy atom. The Hall–Kier alpha value is -2.15. The second-order valence-corrected chi connectivity index (χ2v) is 5.57. The summed E-state index contributed by atoms with van der Waals surface area (Å²) in [4.78, 5) is 20.7. The SMILES string of the molecule is Cc1nc(CN2CCN(C(=O)Cc3ccon3)CC2)oc1C. The van der Waals surface area contributed by atoms with Gasteiger partial charge in [-0.1, -0.05) is 5.16 Å². The van der Waals surface area contributed by atoms with Crippen LogP contribution in [0.5, 0.6) is 0 Å². The van der Waals surface area contributed by atoms with Crippen LogP contribution >= 0.6 is 0 Å². The van der Waals surface area contributed by atoms with Crippen molar-refractivity contribution < 1.29 is 13.7 Å². The van der Waals surface area contributed by atoms with E-state index in [-0.39, 0.29) is 5.91 Å². The van der Waals surface area contributed by atoms with Gasteiger partial charge in [-0.25, -0.2) is 4.98 Å². The number of hydrogen-bond donors (Lipinski definition) is 0. The maximum absolute atomic E-state index is 12.2. The van der Waals surface area contributed by atoms with E-state index in [0.29, 0.717) is 18.7 Å². The third-order valence-electron chi connectivity index (χ3n) is 3.98. The predicted molar refractivity (Wildman–Crippen MR) is 78.0 cm³/mol. The topological polar surface area (TPSA) is 75.6 Å². The van der Waals surface area contributed by atoms with Crippen LogP contribution in [0.25, 0.3) is 0 Å². The van der Waals surface area contributed by atoms with Crippen LogP contribution in [0.15, 0.2) is 21.3 Å². The number of aryl methyl sites for hydroxylation is 2. The van der Waals surface area contributed by atoms with Gasteiger partial charge in [-0.2, -0.15) is 0 Å². The van der Waals surface area contributed by atoms with Crippen molar-refractivity contribution in [1.29, 1.82) is 0 Å². The van der Waals surface area contributed by atoms with Gasteiger partial charge in [0.05, 0.1) is 24.4 Å². The first-order valence-corrected chi connectivity index (χ1v) is 7.44. The molecular weight excluding hydrogens is 284 g/mol. The van der Waals surface area contributed by atoms with E-state index in [0.717, 1.165) is 43.5 Å². The van der Waals surface area contributed by atoms with Crippen molar-refractivity contribution in [2.24, 2.45) is 0 Å². The number of oxazole rings is 1. The molecule has 118 valence electrons. The summed E-state index contributed by atoms with van der Waals surface area (Å²) in [6, 6.07) is 1.72. The highest BCUT2D eigenvalue weighted by Crippen LogP contribution is 2.13. The van der Waals surface area contributed by atoms with E-state index in [9.17, 15) is 4.79 Å². The number of carbonyl (C=O) groups excluding carboxylic acids is 1. The molecule has 3 heterocycles. The van der Waals surface area contributed by atoms with Gasteiger partial charge in [-0.3, -0.25) is 9.69 Å². The average Bonchev–Trinajstić information content (AvgIpc) is 3.10. The smallest absolute Gasteiger partial charge is 0.228 e. The van der Waals surface area contributed by atoms with Crippen molar-refractivity contribution >= 4 is 5.91 Å². The van der Waals surface area contributed by atoms with Crippen LogP contribution in [0.4, 0.5) is 0 Å². The quantitative estimate of drug-likeness (QED) is 0.844. The minimum atomic E-state index is 0.0939. The molecule has 0 N–H and O–H groups in total. The molecule has 2 aromatic heterocycles. The van der Waals surface area contributed by atoms with Crippen molar-refractivity contribution in [3.05, 3.63) is 35.4 Å². The molecule has 0 aliphatic carbocycles. The Bertz CT molecular complexity index is 608. The molecule has 1 aliphatic heterocycles. The van der Waals surface area contributed by atoms with Crippen molar-refractivity contribution in [3.8, 4) is 0 Å². The molecule has 1 fully saturated rings. The maximum atomic E-state index is 12.2. The number of nitrogens with zero attached hydrogens (tertiary/aromatic N) is 4. The van der Waals surface area contributed by atoms with E-state index in [1.807, 2.05) is 18.7 Å². The Balaban J connectivity index is 1.48. The third-order valence-corrected chi connectivity index (χ3v) is 3.98. The number of carbonyl (C=O) groups is 1. The molecule has 0 bridgehead atoms. The second-order valence-electron chi connectivity index (χ2n) is 5.57. The van der Waals surface area contributed by atoms with Gasteiger partial charge in [0.15, 0.2) is 0 Å². The van der Waals surface area contributed by atoms with Gasteiger partial charge in [-0.05, 0) is 13.8 Å². The highest BCUT2D eigenvalue weighted by atomic mass is 16.5. The summed E-state index contributed by atoms with van der Waals surface area (Å²) < 4.78 is 10.4. The summed E-state index contributed by atoms with van der Waals surface area (Å²) in [6.45, 7) is 7.65. The number of aromatic nitrogens is 2. The van der Waals surface area contributed by atoms with Gasteiger partial charge in [0.25, 0.3) is 0 Å². The van der Waals surface area contributed by atoms with Crippen LogP contribution in [-0.2, 0) is 17.8 Å². The first-order valence-electron chi connectivity index (χ1n) is 7.44. The fourth-order valence-electron chi connectivity index (χ4n) is 2.55. The zero-order valence-corrected chi connectivity index (χ0v) is 12.9. The normalized spacial score (nSPS) is 16.2. The number of piperazine rings is 1. The summed E-state index contributed by atoms with van der Waals surface area (Å²) in [7, 11) is 0. The van der Waals surface area contributed by atoms with E-state index < -0.39 is 0 Å². The third kappa shape index (κ3) is 3.36. The van der Waals surface area contributed by atoms with E-state index in [4.69, 9.17) is 8.94 Å². The lowest BCUT2D eigenvalue weighted by Crippen LogP contribution is -2.48. The number of amides is 1. The first kappa shape index (κ1) is 14.8. The van der Waals surface area contributed by atoms with Gasteiger partial charge >= 0.3 is 0 Å². The Kier molecular flexibility index (Phi) is 4.24. The lowest BCUT2D eigenvalue weighted by atomic mass is 10.2. The van der Waals surface area contributed by atoms with Crippen molar-refractivity contribution in [3.63, 3.8) is 0 Å². The van der Waals surface area contributed by atoms with Crippen molar-refractivity contribution in [2.75, 3.05) is 26.2 Å². The van der Waals surface area contributed by atoms with E-state index >= 15 is 0 Å². The van der Waals surface area contributed by atoms with Gasteiger partial charge in [0.2, 0.25) is 11.8 Å². The summed E-state index contributed by atoms with van der Waals surface area (Å²) in [5, 5.41) is 3.78. The Morgan fingerprint density at radius 2 is 2.05 bits per heavy atom. The van der Waals surface area contributed by atoms with Gasteiger partial charge in [0.1, 0.15) is 12.0 Å². The number of rotatable bonds is 4. The fraction of sp³-hybridized carbons (Fsp3) is 0.533. The van der Waals surface area contributed by atoms with E-state index in [2.05, 4.69) is 15.0 Å². The molecule has 0 saturated carbocycles. The highest BCUT2D eigenvalue weighted by Gasteiger charge is 2.23. The molecule has 0 atom stereocenters. The van der Waals surface area contributed by atoms with Crippen LogP contribution in [0.1, 0.15) is 23.0 Å². The molecule has 0 spiro atoms. The molecule has 3 rings (SSSR count). The van der Waals surface area contributed by atoms with Crippen LogP contribution in [0.3, 0.4) is 0 Å². The zero-order valence-electron chi connectivity index (χ0n) is 12.9. The second kappa shape index (κ2) is 6.31. The van der Waals surface area contributed by atoms with Crippen LogP contribution in [0, 0.1) is 13.8 Å². The van der Waals surface area contributed by atoms with Crippen molar-refractivity contribution in [1.82, 2.24) is 19.9 Å². The maximum Gasteiger partial charge on any atom is 0.228 e. The molecule has 7 heteroatoms. The molecule has 0 radical (unpaired) electrons. The van der Waals surface area contributed by atoms with E-state index in [1.54, 1.807) is 6.07 Å². The molecule has 2 aromatic rings. The first-order chi connectivity index (χ1) is 10.6. The summed E-state index contributed by atoms with van der Waals surface area (Å²) in [5.74, 6) is 1.71. The monoisotopic (exact) mass is 304 g/mol. The number of hydrogen-bond acceptors (Lipinski definition) is 6. The van der Waals surface area contributed by atoms with Gasteiger partial charge in [-0.15, -0.1) is 0 Å². The standard InChI is InChI=1S/C15H20N4O3/c1-11-12(2)22-14(16-11)10-18-4-6-19(7-5-18)15(20)9-13-3-8-21-17-13/h3,8H,4-7,9-10H2,1-2H3. The molecular formula is C15H20N4O3. The minimum Gasteiger partial charge on any atom is -0.444 e. The molecule has 22 heavy (non-hydrogen) atoms. The highest BCUT2D eigenvalue weighted by molar-refractivity contribution is 5.78. The molecule has 7 nitrogen and oxygen atoms in total.